The van der Waals surface area contributed by atoms with Crippen LogP contribution < -0.4 is 10.9 Å². The van der Waals surface area contributed by atoms with Gasteiger partial charge in [0.05, 0.1) is 15.6 Å². The second-order valence-corrected chi connectivity index (χ2v) is 10.6. The number of benzene rings is 2. The lowest BCUT2D eigenvalue weighted by Gasteiger charge is -2.18. The summed E-state index contributed by atoms with van der Waals surface area (Å²) in [7, 11) is -3.59. The highest BCUT2D eigenvalue weighted by Gasteiger charge is 2.21. The van der Waals surface area contributed by atoms with Crippen molar-refractivity contribution in [1.82, 2.24) is 19.6 Å². The number of nitrogens with zero attached hydrogens (tertiary/aromatic N) is 2. The Balaban J connectivity index is 1.95. The topological polar surface area (TPSA) is 112 Å². The van der Waals surface area contributed by atoms with Crippen LogP contribution in [0.15, 0.2) is 58.2 Å². The Kier molecular flexibility index (Phi) is 8.47. The standard InChI is InChI=1S/C25H29ClN4O4S/c1-5-30(6-2)35(33,34)19-10-8-18(9-11-19)22-14-23(31)29-24(28-22)20-13-17(7-12-21(20)26)15-27-25(32)16(3)4/h7-14,16H,5-6,15H2,1-4H3,(H,27,32)(H,28,29,31). The van der Waals surface area contributed by atoms with Crippen molar-refractivity contribution in [3.05, 3.63) is 69.5 Å². The normalized spacial score (nSPS) is 11.7. The first kappa shape index (κ1) is 26.6. The summed E-state index contributed by atoms with van der Waals surface area (Å²) in [4.78, 5) is 31.8. The van der Waals surface area contributed by atoms with Gasteiger partial charge < -0.3 is 10.3 Å². The number of aromatic amines is 1. The third kappa shape index (κ3) is 6.17. The van der Waals surface area contributed by atoms with E-state index in [9.17, 15) is 18.0 Å². The quantitative estimate of drug-likeness (QED) is 0.445. The van der Waals surface area contributed by atoms with Crippen molar-refractivity contribution in [2.24, 2.45) is 5.92 Å². The van der Waals surface area contributed by atoms with Crippen LogP contribution in [0, 0.1) is 5.92 Å². The van der Waals surface area contributed by atoms with Crippen molar-refractivity contribution in [2.75, 3.05) is 13.1 Å². The molecule has 0 atom stereocenters. The highest BCUT2D eigenvalue weighted by molar-refractivity contribution is 7.89. The lowest BCUT2D eigenvalue weighted by atomic mass is 10.1. The van der Waals surface area contributed by atoms with Crippen LogP contribution in [0.2, 0.25) is 5.02 Å². The van der Waals surface area contributed by atoms with Gasteiger partial charge in [-0.1, -0.05) is 57.5 Å². The van der Waals surface area contributed by atoms with E-state index in [0.29, 0.717) is 41.5 Å². The molecule has 0 aliphatic rings. The molecule has 0 spiro atoms. The second-order valence-electron chi connectivity index (χ2n) is 8.28. The molecule has 1 heterocycles. The molecule has 3 aromatic rings. The number of hydrogen-bond donors (Lipinski definition) is 2. The minimum atomic E-state index is -3.59. The molecule has 1 amide bonds. The minimum absolute atomic E-state index is 0.0681. The number of carbonyl (C=O) groups excluding carboxylic acids is 1. The first-order valence-corrected chi connectivity index (χ1v) is 13.2. The molecule has 2 N–H and O–H groups in total. The zero-order valence-electron chi connectivity index (χ0n) is 20.1. The fraction of sp³-hybridized carbons (Fsp3) is 0.320. The lowest BCUT2D eigenvalue weighted by Crippen LogP contribution is -2.30. The van der Waals surface area contributed by atoms with Gasteiger partial charge in [-0.3, -0.25) is 9.59 Å². The van der Waals surface area contributed by atoms with Gasteiger partial charge in [0.2, 0.25) is 15.9 Å². The van der Waals surface area contributed by atoms with Gasteiger partial charge in [-0.25, -0.2) is 13.4 Å². The number of H-pyrrole nitrogens is 1. The fourth-order valence-corrected chi connectivity index (χ4v) is 5.17. The van der Waals surface area contributed by atoms with E-state index in [2.05, 4.69) is 15.3 Å². The Morgan fingerprint density at radius 2 is 1.74 bits per heavy atom. The molecule has 0 unspecified atom stereocenters. The van der Waals surface area contributed by atoms with Crippen molar-refractivity contribution in [1.29, 1.82) is 0 Å². The maximum atomic E-state index is 12.8. The number of hydrogen-bond acceptors (Lipinski definition) is 5. The minimum Gasteiger partial charge on any atom is -0.352 e. The van der Waals surface area contributed by atoms with Crippen LogP contribution in [0.4, 0.5) is 0 Å². The van der Waals surface area contributed by atoms with E-state index in [1.807, 2.05) is 13.8 Å². The Morgan fingerprint density at radius 1 is 1.09 bits per heavy atom. The van der Waals surface area contributed by atoms with Crippen LogP contribution in [0.25, 0.3) is 22.6 Å². The maximum absolute atomic E-state index is 12.8. The number of amides is 1. The molecule has 35 heavy (non-hydrogen) atoms. The number of rotatable bonds is 9. The predicted molar refractivity (Wildman–Crippen MR) is 138 cm³/mol. The Hall–Kier alpha value is -3.01. The summed E-state index contributed by atoms with van der Waals surface area (Å²) in [6, 6.07) is 12.9. The van der Waals surface area contributed by atoms with E-state index in [1.165, 1.54) is 22.5 Å². The van der Waals surface area contributed by atoms with Gasteiger partial charge in [0.1, 0.15) is 5.82 Å². The van der Waals surface area contributed by atoms with Crippen LogP contribution in [0.1, 0.15) is 33.3 Å². The van der Waals surface area contributed by atoms with Crippen molar-refractivity contribution < 1.29 is 13.2 Å². The van der Waals surface area contributed by atoms with Crippen LogP contribution in [-0.4, -0.2) is 41.7 Å². The molecule has 1 aromatic heterocycles. The fourth-order valence-electron chi connectivity index (χ4n) is 3.50. The zero-order chi connectivity index (χ0) is 25.8. The van der Waals surface area contributed by atoms with Gasteiger partial charge in [-0.05, 0) is 29.8 Å². The largest absolute Gasteiger partial charge is 0.352 e. The summed E-state index contributed by atoms with van der Waals surface area (Å²) in [5, 5.41) is 3.25. The predicted octanol–water partition coefficient (Wildman–Crippen LogP) is 4.06. The van der Waals surface area contributed by atoms with Crippen molar-refractivity contribution in [3.63, 3.8) is 0 Å². The van der Waals surface area contributed by atoms with Gasteiger partial charge in [-0.15, -0.1) is 0 Å². The molecule has 0 saturated heterocycles. The molecule has 0 aliphatic carbocycles. The summed E-state index contributed by atoms with van der Waals surface area (Å²) in [5.41, 5.74) is 1.91. The zero-order valence-corrected chi connectivity index (χ0v) is 21.7. The lowest BCUT2D eigenvalue weighted by molar-refractivity contribution is -0.124. The summed E-state index contributed by atoms with van der Waals surface area (Å²) in [5.74, 6) is 0.0701. The molecule has 0 bridgehead atoms. The molecule has 0 radical (unpaired) electrons. The van der Waals surface area contributed by atoms with Crippen LogP contribution in [-0.2, 0) is 21.4 Å². The second kappa shape index (κ2) is 11.2. The number of aromatic nitrogens is 2. The molecular formula is C25H29ClN4O4S. The van der Waals surface area contributed by atoms with E-state index >= 15 is 0 Å². The molecule has 0 saturated carbocycles. The molecule has 10 heteroatoms. The third-order valence-corrected chi connectivity index (χ3v) is 7.91. The Labute approximate surface area is 210 Å². The number of halogens is 1. The molecule has 8 nitrogen and oxygen atoms in total. The van der Waals surface area contributed by atoms with E-state index in [-0.39, 0.29) is 28.1 Å². The molecule has 3 rings (SSSR count). The number of carbonyl (C=O) groups is 1. The van der Waals surface area contributed by atoms with Crippen LogP contribution in [0.5, 0.6) is 0 Å². The Bertz CT molecular complexity index is 1360. The first-order chi connectivity index (χ1) is 16.6. The monoisotopic (exact) mass is 516 g/mol. The van der Waals surface area contributed by atoms with Gasteiger partial charge >= 0.3 is 0 Å². The molecule has 186 valence electrons. The summed E-state index contributed by atoms with van der Waals surface area (Å²) < 4.78 is 26.9. The van der Waals surface area contributed by atoms with Crippen molar-refractivity contribution >= 4 is 27.5 Å². The number of nitrogens with one attached hydrogen (secondary N) is 2. The van der Waals surface area contributed by atoms with Crippen LogP contribution in [0.3, 0.4) is 0 Å². The van der Waals surface area contributed by atoms with Gasteiger partial charge in [-0.2, -0.15) is 4.31 Å². The summed E-state index contributed by atoms with van der Waals surface area (Å²) >= 11 is 6.40. The van der Waals surface area contributed by atoms with Gasteiger partial charge in [0.25, 0.3) is 5.56 Å². The van der Waals surface area contributed by atoms with Crippen molar-refractivity contribution in [3.8, 4) is 22.6 Å². The highest BCUT2D eigenvalue weighted by Crippen LogP contribution is 2.28. The van der Waals surface area contributed by atoms with Crippen LogP contribution >= 0.6 is 11.6 Å². The molecule has 0 aliphatic heterocycles. The van der Waals surface area contributed by atoms with E-state index < -0.39 is 10.0 Å². The van der Waals surface area contributed by atoms with E-state index in [4.69, 9.17) is 11.6 Å². The number of sulfonamides is 1. The molecule has 0 fully saturated rings. The average Bonchev–Trinajstić information content (AvgIpc) is 2.83. The van der Waals surface area contributed by atoms with E-state index in [1.54, 1.807) is 44.2 Å². The molecular weight excluding hydrogens is 488 g/mol. The summed E-state index contributed by atoms with van der Waals surface area (Å²) in [6.07, 6.45) is 0. The first-order valence-electron chi connectivity index (χ1n) is 11.3. The van der Waals surface area contributed by atoms with Crippen molar-refractivity contribution in [2.45, 2.75) is 39.1 Å². The van der Waals surface area contributed by atoms with Gasteiger partial charge in [0, 0.05) is 42.7 Å². The SMILES string of the molecule is CCN(CC)S(=O)(=O)c1ccc(-c2cc(=O)[nH]c(-c3cc(CNC(=O)C(C)C)ccc3Cl)n2)cc1. The smallest absolute Gasteiger partial charge is 0.251 e. The Morgan fingerprint density at radius 3 is 2.34 bits per heavy atom. The average molecular weight is 517 g/mol. The molecule has 2 aromatic carbocycles. The van der Waals surface area contributed by atoms with Gasteiger partial charge in [0.15, 0.2) is 0 Å². The van der Waals surface area contributed by atoms with E-state index in [0.717, 1.165) is 5.56 Å². The third-order valence-electron chi connectivity index (χ3n) is 5.51. The maximum Gasteiger partial charge on any atom is 0.251 e. The highest BCUT2D eigenvalue weighted by atomic mass is 35.5. The summed E-state index contributed by atoms with van der Waals surface area (Å²) in [6.45, 7) is 8.27.